The fourth-order valence-electron chi connectivity index (χ4n) is 2.88. The number of imide groups is 1. The molecular formula is C13H13NO3. The van der Waals surface area contributed by atoms with Crippen molar-refractivity contribution in [3.8, 4) is 0 Å². The number of amides is 2. The molecule has 0 aromatic heterocycles. The van der Waals surface area contributed by atoms with Crippen LogP contribution in [-0.2, 0) is 14.4 Å². The van der Waals surface area contributed by atoms with E-state index in [-0.39, 0.29) is 35.5 Å². The van der Waals surface area contributed by atoms with Crippen LogP contribution in [0, 0.1) is 11.8 Å². The maximum Gasteiger partial charge on any atom is 0.237 e. The highest BCUT2D eigenvalue weighted by molar-refractivity contribution is 6.08. The van der Waals surface area contributed by atoms with Crippen molar-refractivity contribution in [3.63, 3.8) is 0 Å². The molecule has 88 valence electrons. The van der Waals surface area contributed by atoms with Gasteiger partial charge in [-0.05, 0) is 6.42 Å². The number of ketones is 1. The highest BCUT2D eigenvalue weighted by Crippen LogP contribution is 2.35. The van der Waals surface area contributed by atoms with Gasteiger partial charge >= 0.3 is 0 Å². The van der Waals surface area contributed by atoms with Gasteiger partial charge in [0.15, 0.2) is 0 Å². The van der Waals surface area contributed by atoms with Crippen molar-refractivity contribution >= 4 is 17.6 Å². The Morgan fingerprint density at radius 2 is 1.59 bits per heavy atom. The molecule has 0 N–H and O–H groups in total. The summed E-state index contributed by atoms with van der Waals surface area (Å²) in [4.78, 5) is 36.9. The molecule has 0 bridgehead atoms. The van der Waals surface area contributed by atoms with Gasteiger partial charge in [-0.3, -0.25) is 19.3 Å². The zero-order valence-electron chi connectivity index (χ0n) is 9.33. The largest absolute Gasteiger partial charge is 0.300 e. The summed E-state index contributed by atoms with van der Waals surface area (Å²) in [5.74, 6) is -0.816. The molecule has 1 saturated heterocycles. The molecule has 0 aromatic carbocycles. The lowest BCUT2D eigenvalue weighted by Crippen LogP contribution is -2.39. The molecule has 3 atom stereocenters. The Bertz CT molecular complexity index is 433. The van der Waals surface area contributed by atoms with Crippen molar-refractivity contribution in [2.75, 3.05) is 0 Å². The minimum atomic E-state index is -0.344. The van der Waals surface area contributed by atoms with Gasteiger partial charge in [0.1, 0.15) is 5.78 Å². The van der Waals surface area contributed by atoms with Gasteiger partial charge in [-0.2, -0.15) is 0 Å². The first-order valence-corrected chi connectivity index (χ1v) is 5.92. The number of hydrogen-bond acceptors (Lipinski definition) is 3. The van der Waals surface area contributed by atoms with Gasteiger partial charge in [-0.1, -0.05) is 24.3 Å². The van der Waals surface area contributed by atoms with E-state index in [9.17, 15) is 14.4 Å². The lowest BCUT2D eigenvalue weighted by molar-refractivity contribution is -0.142. The molecule has 2 aliphatic carbocycles. The Kier molecular flexibility index (Phi) is 2.24. The number of carbonyl (C=O) groups is 3. The van der Waals surface area contributed by atoms with Crippen LogP contribution in [0.1, 0.15) is 19.3 Å². The molecule has 3 unspecified atom stereocenters. The Balaban J connectivity index is 1.89. The average molecular weight is 231 g/mol. The summed E-state index contributed by atoms with van der Waals surface area (Å²) in [5, 5.41) is 0. The number of fused-ring (bicyclic) bond motifs is 1. The molecule has 4 heteroatoms. The van der Waals surface area contributed by atoms with Crippen LogP contribution >= 0.6 is 0 Å². The quantitative estimate of drug-likeness (QED) is 0.628. The predicted octanol–water partition coefficient (Wildman–Crippen LogP) is 0.835. The topological polar surface area (TPSA) is 54.5 Å². The highest BCUT2D eigenvalue weighted by Gasteiger charge is 2.49. The van der Waals surface area contributed by atoms with Gasteiger partial charge in [0.05, 0.1) is 11.8 Å². The van der Waals surface area contributed by atoms with Crippen molar-refractivity contribution < 1.29 is 14.4 Å². The summed E-state index contributed by atoms with van der Waals surface area (Å²) in [7, 11) is 0. The fraction of sp³-hybridized carbons (Fsp3) is 0.462. The zero-order chi connectivity index (χ0) is 12.0. The van der Waals surface area contributed by atoms with E-state index in [1.165, 1.54) is 4.90 Å². The number of allylic oxidation sites excluding steroid dienone is 2. The standard InChI is InChI=1S/C13H13NO3/c15-9-6-5-8(7-9)14-12(16)10-3-1-2-4-11(10)13(14)17/h1-4,8,10-11H,5-7H2. The Morgan fingerprint density at radius 3 is 2.06 bits per heavy atom. The Morgan fingerprint density at radius 1 is 1.00 bits per heavy atom. The number of likely N-dealkylation sites (tertiary alicyclic amines) is 1. The highest BCUT2D eigenvalue weighted by atomic mass is 16.2. The SMILES string of the molecule is O=C1CCC(N2C(=O)C3C=CC=CC3C2=O)C1. The van der Waals surface area contributed by atoms with Crippen molar-refractivity contribution in [2.45, 2.75) is 25.3 Å². The van der Waals surface area contributed by atoms with Crippen LogP contribution in [0.4, 0.5) is 0 Å². The zero-order valence-corrected chi connectivity index (χ0v) is 9.33. The van der Waals surface area contributed by atoms with Crippen molar-refractivity contribution in [1.82, 2.24) is 4.90 Å². The molecule has 3 rings (SSSR count). The van der Waals surface area contributed by atoms with Crippen LogP contribution in [0.3, 0.4) is 0 Å². The van der Waals surface area contributed by atoms with Gasteiger partial charge in [0.2, 0.25) is 11.8 Å². The third kappa shape index (κ3) is 1.47. The van der Waals surface area contributed by atoms with Gasteiger partial charge in [0, 0.05) is 18.9 Å². The number of nitrogens with zero attached hydrogens (tertiary/aromatic N) is 1. The maximum atomic E-state index is 12.2. The van der Waals surface area contributed by atoms with E-state index in [1.54, 1.807) is 24.3 Å². The van der Waals surface area contributed by atoms with Gasteiger partial charge in [0.25, 0.3) is 0 Å². The summed E-state index contributed by atoms with van der Waals surface area (Å²) in [6, 6.07) is -0.199. The van der Waals surface area contributed by atoms with Crippen molar-refractivity contribution in [3.05, 3.63) is 24.3 Å². The fourth-order valence-corrected chi connectivity index (χ4v) is 2.88. The number of carbonyl (C=O) groups excluding carboxylic acids is 3. The molecule has 1 saturated carbocycles. The second-order valence-electron chi connectivity index (χ2n) is 4.80. The number of hydrogen-bond donors (Lipinski definition) is 0. The third-order valence-corrected chi connectivity index (χ3v) is 3.76. The molecular weight excluding hydrogens is 218 g/mol. The van der Waals surface area contributed by atoms with Crippen LogP contribution in [0.5, 0.6) is 0 Å². The molecule has 0 radical (unpaired) electrons. The molecule has 1 aliphatic heterocycles. The first-order chi connectivity index (χ1) is 8.18. The van der Waals surface area contributed by atoms with E-state index in [1.807, 2.05) is 0 Å². The molecule has 2 fully saturated rings. The average Bonchev–Trinajstić information content (AvgIpc) is 2.84. The summed E-state index contributed by atoms with van der Waals surface area (Å²) < 4.78 is 0. The second kappa shape index (κ2) is 3.65. The van der Waals surface area contributed by atoms with Gasteiger partial charge in [-0.25, -0.2) is 0 Å². The van der Waals surface area contributed by atoms with Crippen LogP contribution in [-0.4, -0.2) is 28.5 Å². The summed E-state index contributed by atoms with van der Waals surface area (Å²) >= 11 is 0. The second-order valence-corrected chi connectivity index (χ2v) is 4.80. The minimum absolute atomic E-state index is 0.139. The van der Waals surface area contributed by atoms with Gasteiger partial charge in [-0.15, -0.1) is 0 Å². The van der Waals surface area contributed by atoms with E-state index >= 15 is 0 Å². The molecule has 2 amide bonds. The normalized spacial score (nSPS) is 35.9. The monoisotopic (exact) mass is 231 g/mol. The van der Waals surface area contributed by atoms with Gasteiger partial charge < -0.3 is 0 Å². The smallest absolute Gasteiger partial charge is 0.237 e. The van der Waals surface area contributed by atoms with E-state index in [4.69, 9.17) is 0 Å². The molecule has 4 nitrogen and oxygen atoms in total. The molecule has 1 heterocycles. The summed E-state index contributed by atoms with van der Waals surface area (Å²) in [6.07, 6.45) is 8.62. The van der Waals surface area contributed by atoms with Crippen LogP contribution in [0.2, 0.25) is 0 Å². The summed E-state index contributed by atoms with van der Waals surface area (Å²) in [6.45, 7) is 0. The van der Waals surface area contributed by atoms with E-state index < -0.39 is 0 Å². The molecule has 17 heavy (non-hydrogen) atoms. The predicted molar refractivity (Wildman–Crippen MR) is 59.8 cm³/mol. The summed E-state index contributed by atoms with van der Waals surface area (Å²) in [5.41, 5.74) is 0. The first kappa shape index (κ1) is 10.4. The van der Waals surface area contributed by atoms with Crippen LogP contribution in [0.15, 0.2) is 24.3 Å². The van der Waals surface area contributed by atoms with E-state index in [0.29, 0.717) is 19.3 Å². The molecule has 0 aromatic rings. The van der Waals surface area contributed by atoms with Crippen molar-refractivity contribution in [2.24, 2.45) is 11.8 Å². The van der Waals surface area contributed by atoms with Crippen LogP contribution < -0.4 is 0 Å². The number of rotatable bonds is 1. The Hall–Kier alpha value is -1.71. The Labute approximate surface area is 99.0 Å². The van der Waals surface area contributed by atoms with E-state index in [2.05, 4.69) is 0 Å². The minimum Gasteiger partial charge on any atom is -0.300 e. The lowest BCUT2D eigenvalue weighted by atomic mass is 9.91. The van der Waals surface area contributed by atoms with Crippen LogP contribution in [0.25, 0.3) is 0 Å². The van der Waals surface area contributed by atoms with Crippen molar-refractivity contribution in [1.29, 1.82) is 0 Å². The lowest BCUT2D eigenvalue weighted by Gasteiger charge is -2.21. The first-order valence-electron chi connectivity index (χ1n) is 5.92. The third-order valence-electron chi connectivity index (χ3n) is 3.76. The maximum absolute atomic E-state index is 12.2. The van der Waals surface area contributed by atoms with E-state index in [0.717, 1.165) is 0 Å². The number of Topliss-reactive ketones (excluding diaryl/α,β-unsaturated/α-hetero) is 1. The molecule has 3 aliphatic rings. The molecule has 0 spiro atoms.